The number of ether oxygens (including phenoxy) is 2. The molecule has 0 aliphatic carbocycles. The fourth-order valence-electron chi connectivity index (χ4n) is 4.24. The topological polar surface area (TPSA) is 89.7 Å². The van der Waals surface area contributed by atoms with Gasteiger partial charge in [-0.15, -0.1) is 0 Å². The second-order valence-corrected chi connectivity index (χ2v) is 9.54. The summed E-state index contributed by atoms with van der Waals surface area (Å²) in [6, 6.07) is 27.9. The van der Waals surface area contributed by atoms with Crippen LogP contribution in [0.3, 0.4) is 0 Å². The summed E-state index contributed by atoms with van der Waals surface area (Å²) < 4.78 is 12.0. The normalized spacial score (nSPS) is 16.1. The Balaban J connectivity index is 1.40. The first kappa shape index (κ1) is 25.6. The number of halogens is 2. The maximum absolute atomic E-state index is 9.93. The van der Waals surface area contributed by atoms with Crippen LogP contribution in [0.2, 0.25) is 10.2 Å². The number of nitrogens with zero attached hydrogens (tertiary/aromatic N) is 4. The van der Waals surface area contributed by atoms with Crippen LogP contribution in [-0.4, -0.2) is 25.9 Å². The van der Waals surface area contributed by atoms with E-state index in [9.17, 15) is 5.21 Å². The van der Waals surface area contributed by atoms with Gasteiger partial charge in [-0.1, -0.05) is 76.9 Å². The van der Waals surface area contributed by atoms with Crippen molar-refractivity contribution in [2.75, 3.05) is 0 Å². The minimum Gasteiger partial charge on any atom is -0.489 e. The molecule has 196 valence electrons. The molecule has 1 fully saturated rings. The smallest absolute Gasteiger partial charge is 0.188 e. The fraction of sp³-hybridized carbons (Fsp3) is 0.0323. The molecule has 7 nitrogen and oxygen atoms in total. The molecule has 1 saturated heterocycles. The van der Waals surface area contributed by atoms with Crippen molar-refractivity contribution in [1.82, 2.24) is 15.0 Å². The molecule has 1 aliphatic rings. The van der Waals surface area contributed by atoms with Gasteiger partial charge in [0.15, 0.2) is 23.1 Å². The monoisotopic (exact) mass is 566 g/mol. The number of benzene rings is 3. The average Bonchev–Trinajstić information content (AvgIpc) is 2.97. The predicted octanol–water partition coefficient (Wildman–Crippen LogP) is 7.57. The number of pyridine rings is 1. The van der Waals surface area contributed by atoms with Crippen LogP contribution in [0.5, 0.6) is 5.75 Å². The van der Waals surface area contributed by atoms with Gasteiger partial charge in [0.1, 0.15) is 17.5 Å². The van der Waals surface area contributed by atoms with Gasteiger partial charge in [0.25, 0.3) is 0 Å². The lowest BCUT2D eigenvalue weighted by Gasteiger charge is -2.26. The number of aromatic nitrogens is 3. The molecule has 40 heavy (non-hydrogen) atoms. The highest BCUT2D eigenvalue weighted by Gasteiger charge is 2.35. The summed E-state index contributed by atoms with van der Waals surface area (Å²) in [4.78, 5) is 13.6. The lowest BCUT2D eigenvalue weighted by Crippen LogP contribution is -2.25. The second-order valence-electron chi connectivity index (χ2n) is 8.78. The van der Waals surface area contributed by atoms with Gasteiger partial charge in [0.2, 0.25) is 0 Å². The number of para-hydroxylation sites is 1. The minimum absolute atomic E-state index is 0.243. The van der Waals surface area contributed by atoms with Crippen molar-refractivity contribution in [3.63, 3.8) is 0 Å². The minimum atomic E-state index is 0.243. The highest BCUT2D eigenvalue weighted by molar-refractivity contribution is 6.34. The Hall–Kier alpha value is -4.72. The van der Waals surface area contributed by atoms with E-state index in [4.69, 9.17) is 37.7 Å². The van der Waals surface area contributed by atoms with Crippen LogP contribution in [0.25, 0.3) is 22.6 Å². The number of rotatable bonds is 6. The number of oxime groups is 1. The molecule has 1 aliphatic heterocycles. The van der Waals surface area contributed by atoms with Crippen molar-refractivity contribution < 1.29 is 14.7 Å². The van der Waals surface area contributed by atoms with Crippen molar-refractivity contribution in [2.24, 2.45) is 5.16 Å². The molecule has 3 heterocycles. The molecule has 0 amide bonds. The molecule has 0 bridgehead atoms. The van der Waals surface area contributed by atoms with Crippen molar-refractivity contribution in [3.8, 4) is 5.75 Å². The van der Waals surface area contributed by atoms with E-state index in [0.29, 0.717) is 62.2 Å². The molecule has 2 aromatic heterocycles. The molecule has 0 spiro atoms. The van der Waals surface area contributed by atoms with Gasteiger partial charge in [0.05, 0.1) is 16.8 Å². The van der Waals surface area contributed by atoms with Crippen LogP contribution in [-0.2, 0) is 11.3 Å². The van der Waals surface area contributed by atoms with E-state index in [1.807, 2.05) is 91.0 Å². The quantitative estimate of drug-likeness (QED) is 0.129. The lowest BCUT2D eigenvalue weighted by atomic mass is 9.97. The molecular formula is C31H20Cl2N4O3. The van der Waals surface area contributed by atoms with Crippen LogP contribution >= 0.6 is 23.2 Å². The highest BCUT2D eigenvalue weighted by Crippen LogP contribution is 2.38. The van der Waals surface area contributed by atoms with E-state index < -0.39 is 0 Å². The average molecular weight is 567 g/mol. The number of fused-ring (bicyclic) bond motifs is 1. The molecule has 5 aromatic rings. The summed E-state index contributed by atoms with van der Waals surface area (Å²) in [5.74, 6) is 1.63. The third-order valence-corrected chi connectivity index (χ3v) is 6.89. The molecule has 0 saturated carbocycles. The van der Waals surface area contributed by atoms with E-state index in [1.54, 1.807) is 12.3 Å². The molecule has 9 heteroatoms. The van der Waals surface area contributed by atoms with Crippen LogP contribution in [0.1, 0.15) is 22.6 Å². The third-order valence-electron chi connectivity index (χ3n) is 6.23. The van der Waals surface area contributed by atoms with E-state index >= 15 is 0 Å². The molecule has 1 N–H and O–H groups in total. The van der Waals surface area contributed by atoms with Crippen LogP contribution < -0.4 is 4.74 Å². The zero-order chi connectivity index (χ0) is 27.5. The zero-order valence-electron chi connectivity index (χ0n) is 20.8. The Morgan fingerprint density at radius 2 is 1.68 bits per heavy atom. The van der Waals surface area contributed by atoms with Crippen LogP contribution in [0, 0.1) is 0 Å². The number of hydrogen-bond acceptors (Lipinski definition) is 7. The lowest BCUT2D eigenvalue weighted by molar-refractivity contribution is 0.276. The highest BCUT2D eigenvalue weighted by atomic mass is 35.5. The third kappa shape index (κ3) is 5.12. The SMILES string of the molecule is O/N=C1C(=C\c2ccccn2)\OC\1=C(\c1ccc(OCc2ccccc2Cl)cc1)c1nc(Cl)c2ccccc2n1. The Bertz CT molecular complexity index is 1800. The summed E-state index contributed by atoms with van der Waals surface area (Å²) in [6.45, 7) is 0.322. The Kier molecular flexibility index (Phi) is 7.14. The summed E-state index contributed by atoms with van der Waals surface area (Å²) in [7, 11) is 0. The summed E-state index contributed by atoms with van der Waals surface area (Å²) in [5, 5.41) is 15.1. The van der Waals surface area contributed by atoms with E-state index in [2.05, 4.69) is 15.1 Å². The van der Waals surface area contributed by atoms with Gasteiger partial charge in [-0.2, -0.15) is 0 Å². The molecule has 3 aromatic carbocycles. The second kappa shape index (κ2) is 11.2. The van der Waals surface area contributed by atoms with Gasteiger partial charge < -0.3 is 14.7 Å². The molecular weight excluding hydrogens is 547 g/mol. The van der Waals surface area contributed by atoms with Crippen LogP contribution in [0.4, 0.5) is 0 Å². The molecule has 0 unspecified atom stereocenters. The van der Waals surface area contributed by atoms with Crippen LogP contribution in [0.15, 0.2) is 114 Å². The Labute approximate surface area is 239 Å². The van der Waals surface area contributed by atoms with E-state index in [1.165, 1.54) is 0 Å². The Morgan fingerprint density at radius 3 is 2.45 bits per heavy atom. The first-order chi connectivity index (χ1) is 19.6. The number of hydrogen-bond donors (Lipinski definition) is 1. The maximum atomic E-state index is 9.93. The zero-order valence-corrected chi connectivity index (χ0v) is 22.3. The van der Waals surface area contributed by atoms with Crippen molar-refractivity contribution >= 4 is 51.5 Å². The van der Waals surface area contributed by atoms with Crippen molar-refractivity contribution in [1.29, 1.82) is 0 Å². The molecule has 0 atom stereocenters. The van der Waals surface area contributed by atoms with Gasteiger partial charge in [-0.25, -0.2) is 9.97 Å². The first-order valence-corrected chi connectivity index (χ1v) is 13.0. The molecule has 0 radical (unpaired) electrons. The maximum Gasteiger partial charge on any atom is 0.188 e. The largest absolute Gasteiger partial charge is 0.489 e. The van der Waals surface area contributed by atoms with Crippen molar-refractivity contribution in [2.45, 2.75) is 6.61 Å². The Morgan fingerprint density at radius 1 is 0.900 bits per heavy atom. The summed E-state index contributed by atoms with van der Waals surface area (Å²) in [6.07, 6.45) is 3.36. The first-order valence-electron chi connectivity index (χ1n) is 12.3. The van der Waals surface area contributed by atoms with Gasteiger partial charge in [-0.3, -0.25) is 4.98 Å². The van der Waals surface area contributed by atoms with Crippen molar-refractivity contribution in [3.05, 3.63) is 142 Å². The van der Waals surface area contributed by atoms with Gasteiger partial charge >= 0.3 is 0 Å². The van der Waals surface area contributed by atoms with Gasteiger partial charge in [-0.05, 0) is 48.0 Å². The van der Waals surface area contributed by atoms with E-state index in [-0.39, 0.29) is 5.71 Å². The molecule has 6 rings (SSSR count). The summed E-state index contributed by atoms with van der Waals surface area (Å²) in [5.41, 5.74) is 3.67. The standard InChI is InChI=1S/C31H20Cl2N4O3/c32-24-10-3-1-7-20(24)18-39-22-14-12-19(13-15-22)27(31-35-25-11-4-2-9-23(25)30(33)36-31)29-28(37-38)26(40-29)17-21-8-5-6-16-34-21/h1-17,38H,18H2/b26-17-,29-27-,37-28+. The van der Waals surface area contributed by atoms with Gasteiger partial charge in [0, 0.05) is 28.2 Å². The predicted molar refractivity (Wildman–Crippen MR) is 155 cm³/mol. The van der Waals surface area contributed by atoms with E-state index in [0.717, 1.165) is 10.9 Å². The summed E-state index contributed by atoms with van der Waals surface area (Å²) >= 11 is 12.8. The fourth-order valence-corrected chi connectivity index (χ4v) is 4.67.